The number of carbonyl (C=O) groups excluding carboxylic acids is 1. The molecule has 19 heavy (non-hydrogen) atoms. The standard InChI is InChI=1S/C17H29O2/c1-3-14(4-2)7-5-6-12-19-16(18)17-10-8-15(13-17)9-11-17/h10,14-15H,3-9,11-13H2,1-2H3. The molecule has 2 fully saturated rings. The van der Waals surface area contributed by atoms with Crippen molar-refractivity contribution in [3.8, 4) is 0 Å². The normalized spacial score (nSPS) is 29.1. The maximum atomic E-state index is 12.2. The first-order valence-electron chi connectivity index (χ1n) is 8.21. The smallest absolute Gasteiger partial charge is 0.312 e. The maximum Gasteiger partial charge on any atom is 0.312 e. The zero-order valence-corrected chi connectivity index (χ0v) is 12.6. The minimum atomic E-state index is -0.181. The van der Waals surface area contributed by atoms with Gasteiger partial charge in [0.15, 0.2) is 0 Å². The van der Waals surface area contributed by atoms with Crippen molar-refractivity contribution < 1.29 is 9.53 Å². The lowest BCUT2D eigenvalue weighted by atomic mass is 9.84. The molecule has 0 aromatic heterocycles. The summed E-state index contributed by atoms with van der Waals surface area (Å²) in [5.74, 6) is 1.69. The largest absolute Gasteiger partial charge is 0.465 e. The Bertz CT molecular complexity index is 286. The molecule has 0 aromatic rings. The van der Waals surface area contributed by atoms with Gasteiger partial charge in [-0.1, -0.05) is 33.1 Å². The Morgan fingerprint density at radius 1 is 1.37 bits per heavy atom. The van der Waals surface area contributed by atoms with Gasteiger partial charge in [-0.2, -0.15) is 0 Å². The third-order valence-electron chi connectivity index (χ3n) is 5.29. The van der Waals surface area contributed by atoms with E-state index < -0.39 is 0 Å². The molecule has 1 radical (unpaired) electrons. The molecule has 2 atom stereocenters. The number of unbranched alkanes of at least 4 members (excludes halogenated alkanes) is 1. The van der Waals surface area contributed by atoms with Crippen LogP contribution in [0.5, 0.6) is 0 Å². The summed E-state index contributed by atoms with van der Waals surface area (Å²) in [7, 11) is 0. The van der Waals surface area contributed by atoms with Gasteiger partial charge in [-0.25, -0.2) is 0 Å². The Labute approximate surface area is 118 Å². The van der Waals surface area contributed by atoms with E-state index in [9.17, 15) is 4.79 Å². The number of fused-ring (bicyclic) bond motifs is 2. The average Bonchev–Trinajstić information content (AvgIpc) is 3.04. The fraction of sp³-hybridized carbons (Fsp3) is 0.882. The number of rotatable bonds is 8. The first kappa shape index (κ1) is 14.9. The molecule has 2 rings (SSSR count). The molecule has 2 unspecified atom stereocenters. The Kier molecular flexibility index (Phi) is 5.29. The lowest BCUT2D eigenvalue weighted by Crippen LogP contribution is -2.29. The summed E-state index contributed by atoms with van der Waals surface area (Å²) < 4.78 is 5.53. The molecule has 109 valence electrons. The highest BCUT2D eigenvalue weighted by atomic mass is 16.5. The SMILES string of the molecule is CCC(CC)CCCCOC(=O)C12[CH]CC(CC1)C2. The fourth-order valence-corrected chi connectivity index (χ4v) is 3.77. The summed E-state index contributed by atoms with van der Waals surface area (Å²) in [4.78, 5) is 12.2. The minimum Gasteiger partial charge on any atom is -0.465 e. The molecule has 2 bridgehead atoms. The van der Waals surface area contributed by atoms with Crippen molar-refractivity contribution >= 4 is 5.97 Å². The van der Waals surface area contributed by atoms with Crippen molar-refractivity contribution in [2.24, 2.45) is 17.3 Å². The third kappa shape index (κ3) is 3.52. The molecule has 0 heterocycles. The molecule has 0 aromatic carbocycles. The molecular formula is C17H29O2. The third-order valence-corrected chi connectivity index (χ3v) is 5.29. The molecule has 0 saturated heterocycles. The van der Waals surface area contributed by atoms with Gasteiger partial charge in [0.1, 0.15) is 0 Å². The van der Waals surface area contributed by atoms with Gasteiger partial charge in [0, 0.05) is 0 Å². The number of ether oxygens (including phenoxy) is 1. The molecule has 0 aliphatic heterocycles. The highest BCUT2D eigenvalue weighted by molar-refractivity contribution is 5.79. The average molecular weight is 265 g/mol. The van der Waals surface area contributed by atoms with Crippen LogP contribution in [-0.4, -0.2) is 12.6 Å². The Balaban J connectivity index is 1.60. The van der Waals surface area contributed by atoms with Gasteiger partial charge in [0.25, 0.3) is 0 Å². The van der Waals surface area contributed by atoms with Crippen molar-refractivity contribution in [2.75, 3.05) is 6.61 Å². The Morgan fingerprint density at radius 2 is 2.16 bits per heavy atom. The first-order valence-corrected chi connectivity index (χ1v) is 8.21. The summed E-state index contributed by atoms with van der Waals surface area (Å²) in [6.07, 6.45) is 12.7. The van der Waals surface area contributed by atoms with Crippen LogP contribution in [0.25, 0.3) is 0 Å². The van der Waals surface area contributed by atoms with Crippen LogP contribution in [0.15, 0.2) is 0 Å². The molecule has 2 nitrogen and oxygen atoms in total. The van der Waals surface area contributed by atoms with Gasteiger partial charge < -0.3 is 4.74 Å². The van der Waals surface area contributed by atoms with Crippen LogP contribution in [0, 0.1) is 23.7 Å². The summed E-state index contributed by atoms with van der Waals surface area (Å²) in [6.45, 7) is 5.15. The summed E-state index contributed by atoms with van der Waals surface area (Å²) in [5.41, 5.74) is -0.181. The fourth-order valence-electron chi connectivity index (χ4n) is 3.77. The summed E-state index contributed by atoms with van der Waals surface area (Å²) in [6, 6.07) is 0. The van der Waals surface area contributed by atoms with E-state index in [0.29, 0.717) is 6.61 Å². The first-order chi connectivity index (χ1) is 9.20. The van der Waals surface area contributed by atoms with Gasteiger partial charge in [-0.05, 0) is 56.8 Å². The van der Waals surface area contributed by atoms with Crippen molar-refractivity contribution in [2.45, 2.75) is 71.6 Å². The van der Waals surface area contributed by atoms with Crippen LogP contribution in [0.4, 0.5) is 0 Å². The topological polar surface area (TPSA) is 26.3 Å². The number of hydrogen-bond donors (Lipinski definition) is 0. The molecule has 2 heteroatoms. The monoisotopic (exact) mass is 265 g/mol. The number of carbonyl (C=O) groups is 1. The molecular weight excluding hydrogens is 236 g/mol. The Morgan fingerprint density at radius 3 is 2.68 bits per heavy atom. The minimum absolute atomic E-state index is 0.0648. The Hall–Kier alpha value is -0.530. The van der Waals surface area contributed by atoms with E-state index in [1.54, 1.807) is 0 Å². The van der Waals surface area contributed by atoms with E-state index in [-0.39, 0.29) is 11.4 Å². The van der Waals surface area contributed by atoms with Crippen molar-refractivity contribution in [3.05, 3.63) is 6.42 Å². The second kappa shape index (κ2) is 6.76. The van der Waals surface area contributed by atoms with E-state index in [1.807, 2.05) is 0 Å². The van der Waals surface area contributed by atoms with E-state index in [0.717, 1.165) is 37.5 Å². The lowest BCUT2D eigenvalue weighted by Gasteiger charge is -2.23. The number of hydrogen-bond acceptors (Lipinski definition) is 2. The van der Waals surface area contributed by atoms with E-state index in [1.165, 1.54) is 32.1 Å². The zero-order valence-electron chi connectivity index (χ0n) is 12.6. The van der Waals surface area contributed by atoms with Gasteiger partial charge in [0.2, 0.25) is 0 Å². The van der Waals surface area contributed by atoms with Crippen LogP contribution in [-0.2, 0) is 9.53 Å². The highest BCUT2D eigenvalue weighted by Gasteiger charge is 2.51. The molecule has 2 aliphatic carbocycles. The van der Waals surface area contributed by atoms with E-state index in [4.69, 9.17) is 4.74 Å². The lowest BCUT2D eigenvalue weighted by molar-refractivity contribution is -0.153. The van der Waals surface area contributed by atoms with Crippen LogP contribution in [0.1, 0.15) is 71.6 Å². The van der Waals surface area contributed by atoms with E-state index >= 15 is 0 Å². The van der Waals surface area contributed by atoms with Crippen molar-refractivity contribution in [1.29, 1.82) is 0 Å². The second-order valence-corrected chi connectivity index (χ2v) is 6.52. The highest BCUT2D eigenvalue weighted by Crippen LogP contribution is 2.53. The number of esters is 1. The van der Waals surface area contributed by atoms with Crippen molar-refractivity contribution in [3.63, 3.8) is 0 Å². The van der Waals surface area contributed by atoms with Gasteiger partial charge >= 0.3 is 5.97 Å². The molecule has 0 spiro atoms. The van der Waals surface area contributed by atoms with Crippen LogP contribution in [0.2, 0.25) is 0 Å². The van der Waals surface area contributed by atoms with Gasteiger partial charge in [-0.3, -0.25) is 4.79 Å². The quantitative estimate of drug-likeness (QED) is 0.476. The van der Waals surface area contributed by atoms with Crippen LogP contribution in [0.3, 0.4) is 0 Å². The van der Waals surface area contributed by atoms with Crippen LogP contribution < -0.4 is 0 Å². The van der Waals surface area contributed by atoms with Gasteiger partial charge in [-0.15, -0.1) is 0 Å². The zero-order chi connectivity index (χ0) is 13.7. The van der Waals surface area contributed by atoms with E-state index in [2.05, 4.69) is 20.3 Å². The van der Waals surface area contributed by atoms with Gasteiger partial charge in [0.05, 0.1) is 12.0 Å². The maximum absolute atomic E-state index is 12.2. The predicted octanol–water partition coefficient (Wildman–Crippen LogP) is 4.53. The van der Waals surface area contributed by atoms with Crippen LogP contribution >= 0.6 is 0 Å². The molecule has 2 aliphatic rings. The predicted molar refractivity (Wildman–Crippen MR) is 77.6 cm³/mol. The summed E-state index contributed by atoms with van der Waals surface area (Å²) >= 11 is 0. The molecule has 0 N–H and O–H groups in total. The van der Waals surface area contributed by atoms with Crippen molar-refractivity contribution in [1.82, 2.24) is 0 Å². The molecule has 0 amide bonds. The molecule has 2 saturated carbocycles. The second-order valence-electron chi connectivity index (χ2n) is 6.52. The summed E-state index contributed by atoms with van der Waals surface area (Å²) in [5, 5.41) is 0.